The Labute approximate surface area is 285 Å². The van der Waals surface area contributed by atoms with Gasteiger partial charge in [-0.2, -0.15) is 15.0 Å². The van der Waals surface area contributed by atoms with Gasteiger partial charge in [0, 0.05) is 28.6 Å². The van der Waals surface area contributed by atoms with Gasteiger partial charge in [0.25, 0.3) is 0 Å². The summed E-state index contributed by atoms with van der Waals surface area (Å²) in [5.41, 5.74) is 7.23. The monoisotopic (exact) mass is 635 g/mol. The van der Waals surface area contributed by atoms with Crippen LogP contribution < -0.4 is 0 Å². The molecule has 232 valence electrons. The van der Waals surface area contributed by atoms with Gasteiger partial charge in [-0.05, 0) is 136 Å². The molecule has 0 N–H and O–H groups in total. The smallest absolute Gasteiger partial charge is 0.122 e. The van der Waals surface area contributed by atoms with Crippen LogP contribution in [0.15, 0.2) is 84.9 Å². The molecule has 0 saturated heterocycles. The Bertz CT molecular complexity index is 3450. The van der Waals surface area contributed by atoms with Crippen LogP contribution in [0.5, 0.6) is 0 Å². The van der Waals surface area contributed by atoms with Crippen LogP contribution in [0.25, 0.3) is 130 Å². The van der Waals surface area contributed by atoms with Crippen LogP contribution in [0, 0.1) is 27.7 Å². The minimum Gasteiger partial charge on any atom is -0.187 e. The first kappa shape index (κ1) is 25.9. The zero-order valence-electron chi connectivity index (χ0n) is 28.4. The molecule has 0 saturated carbocycles. The Hall–Kier alpha value is -6.06. The zero-order valence-corrected chi connectivity index (χ0v) is 28.4. The second-order valence-corrected chi connectivity index (χ2v) is 15.2. The molecule has 0 radical (unpaired) electrons. The summed E-state index contributed by atoms with van der Waals surface area (Å²) in [7, 11) is 1.98. The van der Waals surface area contributed by atoms with E-state index in [1.807, 2.05) is 7.05 Å². The second-order valence-electron chi connectivity index (χ2n) is 15.2. The summed E-state index contributed by atoms with van der Waals surface area (Å²) in [6.45, 7) is 9.12. The molecule has 3 nitrogen and oxygen atoms in total. The lowest BCUT2D eigenvalue weighted by atomic mass is 9.75. The van der Waals surface area contributed by atoms with Crippen molar-refractivity contribution in [3.8, 4) is 0 Å². The molecule has 13 aromatic rings. The van der Waals surface area contributed by atoms with Crippen molar-refractivity contribution in [2.75, 3.05) is 0 Å². The SMILES string of the molecule is Cc1ccc2c(c1)c1cc(C)c3c4c(C)cc5c6cc(C)ccc6c6cccc7c6c5c4c4c7c5nn(C)nc5c5c6cccc2c6c1c3c54. The van der Waals surface area contributed by atoms with Gasteiger partial charge in [0.2, 0.25) is 0 Å². The van der Waals surface area contributed by atoms with Crippen molar-refractivity contribution >= 4 is 130 Å². The van der Waals surface area contributed by atoms with Crippen LogP contribution in [-0.4, -0.2) is 15.0 Å². The number of rotatable bonds is 0. The summed E-state index contributed by atoms with van der Waals surface area (Å²) in [5.74, 6) is 0. The van der Waals surface area contributed by atoms with Gasteiger partial charge in [-0.15, -0.1) is 0 Å². The lowest BCUT2D eigenvalue weighted by Gasteiger charge is -2.27. The number of hydrogen-bond acceptors (Lipinski definition) is 2. The highest BCUT2D eigenvalue weighted by Crippen LogP contribution is 2.58. The summed E-state index contributed by atoms with van der Waals surface area (Å²) in [6, 6.07) is 32.8. The largest absolute Gasteiger partial charge is 0.187 e. The van der Waals surface area contributed by atoms with E-state index in [4.69, 9.17) is 10.2 Å². The summed E-state index contributed by atoms with van der Waals surface area (Å²) < 4.78 is 0. The van der Waals surface area contributed by atoms with Crippen molar-refractivity contribution in [1.82, 2.24) is 15.0 Å². The average molecular weight is 636 g/mol. The highest BCUT2D eigenvalue weighted by molar-refractivity contribution is 6.57. The first-order valence-electron chi connectivity index (χ1n) is 17.7. The number of aromatic nitrogens is 3. The molecule has 50 heavy (non-hydrogen) atoms. The van der Waals surface area contributed by atoms with Crippen LogP contribution >= 0.6 is 0 Å². The van der Waals surface area contributed by atoms with Crippen molar-refractivity contribution in [2.45, 2.75) is 27.7 Å². The second kappa shape index (κ2) is 8.04. The third kappa shape index (κ3) is 2.62. The number of hydrogen-bond donors (Lipinski definition) is 0. The minimum absolute atomic E-state index is 0.994. The molecule has 3 heteroatoms. The maximum absolute atomic E-state index is 5.22. The van der Waals surface area contributed by atoms with Crippen LogP contribution in [-0.2, 0) is 7.05 Å². The number of nitrogens with zero attached hydrogens (tertiary/aromatic N) is 3. The predicted molar refractivity (Wildman–Crippen MR) is 215 cm³/mol. The third-order valence-corrected chi connectivity index (χ3v) is 12.4. The Balaban J connectivity index is 1.52. The molecule has 0 fully saturated rings. The molecule has 0 aliphatic carbocycles. The molecule has 0 amide bonds. The van der Waals surface area contributed by atoms with Crippen molar-refractivity contribution in [3.05, 3.63) is 107 Å². The summed E-state index contributed by atoms with van der Waals surface area (Å²) >= 11 is 0. The molecule has 0 bridgehead atoms. The fraction of sp³-hybridized carbons (Fsp3) is 0.106. The topological polar surface area (TPSA) is 30.7 Å². The molecule has 0 unspecified atom stereocenters. The average Bonchev–Trinajstić information content (AvgIpc) is 3.51. The molecule has 1 heterocycles. The van der Waals surface area contributed by atoms with E-state index >= 15 is 0 Å². The van der Waals surface area contributed by atoms with Gasteiger partial charge < -0.3 is 0 Å². The van der Waals surface area contributed by atoms with Crippen molar-refractivity contribution in [3.63, 3.8) is 0 Å². The fourth-order valence-electron chi connectivity index (χ4n) is 10.7. The van der Waals surface area contributed by atoms with Gasteiger partial charge in [0.1, 0.15) is 11.0 Å². The molecule has 0 atom stereocenters. The quantitative estimate of drug-likeness (QED) is 0.123. The Morgan fingerprint density at radius 2 is 0.760 bits per heavy atom. The van der Waals surface area contributed by atoms with Gasteiger partial charge in [-0.1, -0.05) is 96.1 Å². The zero-order chi connectivity index (χ0) is 33.1. The lowest BCUT2D eigenvalue weighted by Crippen LogP contribution is -2.00. The molecular weight excluding hydrogens is 607 g/mol. The highest BCUT2D eigenvalue weighted by Gasteiger charge is 2.31. The van der Waals surface area contributed by atoms with Crippen LogP contribution in [0.4, 0.5) is 0 Å². The van der Waals surface area contributed by atoms with Gasteiger partial charge in [0.15, 0.2) is 0 Å². The van der Waals surface area contributed by atoms with E-state index in [2.05, 4.69) is 113 Å². The standard InChI is InChI=1S/C47H29N3/c1-20-12-14-24-26-8-6-10-28-36(26)38-32(30(24)16-20)18-22(3)34-35-23(4)19-33-31-17-21(2)13-15-25(31)27-9-7-11-29-37(27)39(33)43(35)45-41(29)47-46(48-50(5)49-47)40(28)44(45)42(34)38/h6-19H,1-5H3. The predicted octanol–water partition coefficient (Wildman–Crippen LogP) is 12.6. The van der Waals surface area contributed by atoms with Gasteiger partial charge in [-0.3, -0.25) is 0 Å². The summed E-state index contributed by atoms with van der Waals surface area (Å²) in [5, 5.41) is 39.7. The normalized spacial score (nSPS) is 13.3. The highest BCUT2D eigenvalue weighted by atomic mass is 15.4. The van der Waals surface area contributed by atoms with Crippen molar-refractivity contribution in [2.24, 2.45) is 7.05 Å². The van der Waals surface area contributed by atoms with E-state index in [9.17, 15) is 0 Å². The van der Waals surface area contributed by atoms with E-state index < -0.39 is 0 Å². The first-order valence-corrected chi connectivity index (χ1v) is 17.7. The van der Waals surface area contributed by atoms with Crippen LogP contribution in [0.3, 0.4) is 0 Å². The van der Waals surface area contributed by atoms with Crippen molar-refractivity contribution < 1.29 is 0 Å². The number of fused-ring (bicyclic) bond motifs is 12. The molecule has 0 aliphatic rings. The van der Waals surface area contributed by atoms with E-state index in [0.29, 0.717) is 0 Å². The molecule has 13 rings (SSSR count). The first-order chi connectivity index (χ1) is 24.4. The summed E-state index contributed by atoms with van der Waals surface area (Å²) in [4.78, 5) is 1.79. The Morgan fingerprint density at radius 1 is 0.340 bits per heavy atom. The van der Waals surface area contributed by atoms with Gasteiger partial charge >= 0.3 is 0 Å². The van der Waals surface area contributed by atoms with E-state index in [1.54, 1.807) is 4.80 Å². The number of benzene rings is 12. The van der Waals surface area contributed by atoms with Gasteiger partial charge in [-0.25, -0.2) is 0 Å². The molecule has 0 aliphatic heterocycles. The molecule has 0 spiro atoms. The fourth-order valence-corrected chi connectivity index (χ4v) is 10.7. The summed E-state index contributed by atoms with van der Waals surface area (Å²) in [6.07, 6.45) is 0. The van der Waals surface area contributed by atoms with Gasteiger partial charge in [0.05, 0.1) is 0 Å². The maximum Gasteiger partial charge on any atom is 0.122 e. The third-order valence-electron chi connectivity index (χ3n) is 12.4. The maximum atomic E-state index is 5.22. The van der Waals surface area contributed by atoms with Crippen LogP contribution in [0.2, 0.25) is 0 Å². The van der Waals surface area contributed by atoms with E-state index in [1.165, 1.54) is 141 Å². The molecule has 12 aromatic carbocycles. The molecule has 1 aromatic heterocycles. The Morgan fingerprint density at radius 3 is 1.22 bits per heavy atom. The molecular formula is C47H29N3. The minimum atomic E-state index is 0.994. The number of aryl methyl sites for hydroxylation is 5. The van der Waals surface area contributed by atoms with Crippen LogP contribution in [0.1, 0.15) is 22.3 Å². The Kier molecular flexibility index (Phi) is 4.16. The van der Waals surface area contributed by atoms with Crippen molar-refractivity contribution in [1.29, 1.82) is 0 Å². The van der Waals surface area contributed by atoms with E-state index in [-0.39, 0.29) is 0 Å². The van der Waals surface area contributed by atoms with E-state index in [0.717, 1.165) is 11.0 Å². The lowest BCUT2D eigenvalue weighted by molar-refractivity contribution is 0.666.